The fourth-order valence-electron chi connectivity index (χ4n) is 2.08. The highest BCUT2D eigenvalue weighted by atomic mass is 35.5. The van der Waals surface area contributed by atoms with Crippen molar-refractivity contribution in [3.63, 3.8) is 0 Å². The van der Waals surface area contributed by atoms with Crippen molar-refractivity contribution in [3.05, 3.63) is 40.1 Å². The molecule has 2 amide bonds. The summed E-state index contributed by atoms with van der Waals surface area (Å²) in [5.41, 5.74) is 0. The Morgan fingerprint density at radius 1 is 1.14 bits per heavy atom. The van der Waals surface area contributed by atoms with E-state index in [2.05, 4.69) is 15.8 Å². The second-order valence-electron chi connectivity index (χ2n) is 6.03. The van der Waals surface area contributed by atoms with E-state index in [1.807, 2.05) is 0 Å². The molecule has 0 bridgehead atoms. The van der Waals surface area contributed by atoms with Crippen LogP contribution in [0.4, 0.5) is 0 Å². The van der Waals surface area contributed by atoms with Crippen molar-refractivity contribution < 1.29 is 28.7 Å². The number of nitrogens with zero attached hydrogens (tertiary/aromatic N) is 1. The molecule has 0 spiro atoms. The number of aliphatic hydroxyl groups is 1. The Bertz CT molecular complexity index is 830. The average Bonchev–Trinajstić information content (AvgIpc) is 3.11. The molecule has 11 heteroatoms. The number of aromatic nitrogens is 1. The zero-order valence-corrected chi connectivity index (χ0v) is 17.1. The highest BCUT2D eigenvalue weighted by Crippen LogP contribution is 2.26. The molecule has 3 N–H and O–H groups in total. The molecule has 9 nitrogen and oxygen atoms in total. The standard InChI is InChI=1S/C18H21Cl2N3O6/c1-11-6-18(23-29-11)28-10-16(25)21-5-4-12(24)8-22-17(26)9-27-13-2-3-14(19)15(20)7-13/h2-3,6-7,12,24H,4-5,8-10H2,1H3,(H,21,25)(H,22,26)/t12-/m0/s1. The Morgan fingerprint density at radius 2 is 1.86 bits per heavy atom. The van der Waals surface area contributed by atoms with Gasteiger partial charge in [-0.2, -0.15) is 0 Å². The van der Waals surface area contributed by atoms with Crippen LogP contribution in [0.1, 0.15) is 12.2 Å². The van der Waals surface area contributed by atoms with Gasteiger partial charge in [-0.05, 0) is 30.6 Å². The minimum absolute atomic E-state index is 0.0220. The number of carbonyl (C=O) groups excluding carboxylic acids is 2. The summed E-state index contributed by atoms with van der Waals surface area (Å²) in [5.74, 6) is 0.435. The van der Waals surface area contributed by atoms with Crippen LogP contribution in [0.15, 0.2) is 28.8 Å². The monoisotopic (exact) mass is 445 g/mol. The molecule has 0 aliphatic heterocycles. The summed E-state index contributed by atoms with van der Waals surface area (Å²) in [6, 6.07) is 6.21. The van der Waals surface area contributed by atoms with E-state index in [4.69, 9.17) is 37.2 Å². The van der Waals surface area contributed by atoms with Crippen LogP contribution in [0.25, 0.3) is 0 Å². The van der Waals surface area contributed by atoms with Gasteiger partial charge in [0, 0.05) is 25.2 Å². The second kappa shape index (κ2) is 11.5. The first-order valence-electron chi connectivity index (χ1n) is 8.69. The molecule has 1 heterocycles. The zero-order chi connectivity index (χ0) is 21.2. The molecule has 0 aliphatic rings. The second-order valence-corrected chi connectivity index (χ2v) is 6.84. The summed E-state index contributed by atoms with van der Waals surface area (Å²) in [6.45, 7) is 1.50. The molecular weight excluding hydrogens is 425 g/mol. The van der Waals surface area contributed by atoms with Crippen LogP contribution in [0.2, 0.25) is 10.0 Å². The lowest BCUT2D eigenvalue weighted by Gasteiger charge is -2.13. The number of nitrogens with one attached hydrogen (secondary N) is 2. The van der Waals surface area contributed by atoms with E-state index >= 15 is 0 Å². The number of rotatable bonds is 11. The van der Waals surface area contributed by atoms with Crippen molar-refractivity contribution >= 4 is 35.0 Å². The lowest BCUT2D eigenvalue weighted by molar-refractivity contribution is -0.124. The molecule has 0 radical (unpaired) electrons. The Balaban J connectivity index is 1.55. The van der Waals surface area contributed by atoms with Gasteiger partial charge in [-0.25, -0.2) is 0 Å². The number of ether oxygens (including phenoxy) is 2. The number of carbonyl (C=O) groups is 2. The van der Waals surface area contributed by atoms with E-state index in [0.29, 0.717) is 21.6 Å². The largest absolute Gasteiger partial charge is 0.484 e. The number of aryl methyl sites for hydroxylation is 1. The molecule has 0 aliphatic carbocycles. The Hall–Kier alpha value is -2.49. The SMILES string of the molecule is Cc1cc(OCC(=O)NCC[C@H](O)CNC(=O)COc2ccc(Cl)c(Cl)c2)no1. The highest BCUT2D eigenvalue weighted by molar-refractivity contribution is 6.42. The van der Waals surface area contributed by atoms with E-state index in [-0.39, 0.29) is 44.5 Å². The van der Waals surface area contributed by atoms with E-state index in [1.54, 1.807) is 25.1 Å². The minimum atomic E-state index is -0.830. The third-order valence-electron chi connectivity index (χ3n) is 3.55. The summed E-state index contributed by atoms with van der Waals surface area (Å²) in [6.07, 6.45) is -0.578. The topological polar surface area (TPSA) is 123 Å². The first-order valence-corrected chi connectivity index (χ1v) is 9.44. The Morgan fingerprint density at radius 3 is 2.55 bits per heavy atom. The summed E-state index contributed by atoms with van der Waals surface area (Å²) in [4.78, 5) is 23.4. The van der Waals surface area contributed by atoms with Crippen molar-refractivity contribution in [1.29, 1.82) is 0 Å². The number of hydrogen-bond donors (Lipinski definition) is 3. The number of benzene rings is 1. The van der Waals surface area contributed by atoms with Crippen LogP contribution in [0.3, 0.4) is 0 Å². The molecule has 1 aromatic carbocycles. The summed E-state index contributed by atoms with van der Waals surface area (Å²) < 4.78 is 15.2. The predicted octanol–water partition coefficient (Wildman–Crippen LogP) is 1.73. The molecular formula is C18H21Cl2N3O6. The summed E-state index contributed by atoms with van der Waals surface area (Å²) >= 11 is 11.7. The molecule has 2 rings (SSSR count). The number of amides is 2. The fourth-order valence-corrected chi connectivity index (χ4v) is 2.37. The van der Waals surface area contributed by atoms with E-state index in [1.165, 1.54) is 6.07 Å². The van der Waals surface area contributed by atoms with Gasteiger partial charge >= 0.3 is 0 Å². The average molecular weight is 446 g/mol. The smallest absolute Gasteiger partial charge is 0.258 e. The quantitative estimate of drug-likeness (QED) is 0.481. The molecule has 0 unspecified atom stereocenters. The minimum Gasteiger partial charge on any atom is -0.484 e. The van der Waals surface area contributed by atoms with Crippen LogP contribution in [0, 0.1) is 6.92 Å². The number of hydrogen-bond acceptors (Lipinski definition) is 7. The van der Waals surface area contributed by atoms with Gasteiger partial charge in [0.05, 0.1) is 16.1 Å². The molecule has 2 aromatic rings. The van der Waals surface area contributed by atoms with Gasteiger partial charge < -0.3 is 29.7 Å². The van der Waals surface area contributed by atoms with Crippen molar-refractivity contribution in [2.75, 3.05) is 26.3 Å². The van der Waals surface area contributed by atoms with Gasteiger partial charge in [0.2, 0.25) is 0 Å². The van der Waals surface area contributed by atoms with Gasteiger partial charge in [-0.1, -0.05) is 23.2 Å². The van der Waals surface area contributed by atoms with Gasteiger partial charge in [0.25, 0.3) is 17.7 Å². The molecule has 158 valence electrons. The van der Waals surface area contributed by atoms with Crippen molar-refractivity contribution in [2.24, 2.45) is 0 Å². The van der Waals surface area contributed by atoms with Crippen LogP contribution >= 0.6 is 23.2 Å². The van der Waals surface area contributed by atoms with Gasteiger partial charge in [-0.15, -0.1) is 0 Å². The van der Waals surface area contributed by atoms with Crippen molar-refractivity contribution in [3.8, 4) is 11.6 Å². The molecule has 1 aromatic heterocycles. The van der Waals surface area contributed by atoms with Crippen LogP contribution < -0.4 is 20.1 Å². The summed E-state index contributed by atoms with van der Waals surface area (Å²) in [7, 11) is 0. The fraction of sp³-hybridized carbons (Fsp3) is 0.389. The molecule has 0 saturated carbocycles. The molecule has 29 heavy (non-hydrogen) atoms. The zero-order valence-electron chi connectivity index (χ0n) is 15.6. The number of halogens is 2. The van der Waals surface area contributed by atoms with E-state index < -0.39 is 12.0 Å². The van der Waals surface area contributed by atoms with Crippen LogP contribution in [-0.2, 0) is 9.59 Å². The third-order valence-corrected chi connectivity index (χ3v) is 4.29. The maximum absolute atomic E-state index is 11.8. The van der Waals surface area contributed by atoms with Crippen molar-refractivity contribution in [2.45, 2.75) is 19.4 Å². The van der Waals surface area contributed by atoms with E-state index in [9.17, 15) is 14.7 Å². The summed E-state index contributed by atoms with van der Waals surface area (Å²) in [5, 5.41) is 19.3. The highest BCUT2D eigenvalue weighted by Gasteiger charge is 2.10. The predicted molar refractivity (Wildman–Crippen MR) is 105 cm³/mol. The normalized spacial score (nSPS) is 11.6. The lowest BCUT2D eigenvalue weighted by atomic mass is 10.2. The maximum atomic E-state index is 11.8. The van der Waals surface area contributed by atoms with Gasteiger partial charge in [-0.3, -0.25) is 9.59 Å². The number of aliphatic hydroxyl groups excluding tert-OH is 1. The first kappa shape index (κ1) is 22.8. The lowest BCUT2D eigenvalue weighted by Crippen LogP contribution is -2.37. The molecule has 0 saturated heterocycles. The van der Waals surface area contributed by atoms with E-state index in [0.717, 1.165) is 0 Å². The van der Waals surface area contributed by atoms with Crippen LogP contribution in [0.5, 0.6) is 11.6 Å². The Labute approximate surface area is 177 Å². The van der Waals surface area contributed by atoms with Crippen molar-refractivity contribution in [1.82, 2.24) is 15.8 Å². The van der Waals surface area contributed by atoms with Gasteiger partial charge in [0.1, 0.15) is 11.5 Å². The first-order chi connectivity index (χ1) is 13.8. The molecule has 1 atom stereocenters. The third kappa shape index (κ3) is 8.59. The van der Waals surface area contributed by atoms with Gasteiger partial charge in [0.15, 0.2) is 13.2 Å². The van der Waals surface area contributed by atoms with Crippen LogP contribution in [-0.4, -0.2) is 54.5 Å². The maximum Gasteiger partial charge on any atom is 0.258 e. The molecule has 0 fully saturated rings. The Kier molecular flexibility index (Phi) is 9.04.